The Morgan fingerprint density at radius 2 is 2.06 bits per heavy atom. The van der Waals surface area contributed by atoms with E-state index in [0.717, 1.165) is 11.1 Å². The van der Waals surface area contributed by atoms with E-state index in [4.69, 9.17) is 13.7 Å². The molecule has 1 fully saturated rings. The minimum atomic E-state index is -3.31. The fourth-order valence-corrected chi connectivity index (χ4v) is 3.38. The average Bonchev–Trinajstić information content (AvgIpc) is 3.02. The fourth-order valence-electron chi connectivity index (χ4n) is 3.38. The van der Waals surface area contributed by atoms with Crippen molar-refractivity contribution in [2.75, 3.05) is 36.6 Å². The van der Waals surface area contributed by atoms with E-state index in [1.165, 1.54) is 24.3 Å². The number of hydrogen-bond donors (Lipinski definition) is 3. The number of nitrogens with zero attached hydrogens (tertiary/aromatic N) is 4. The van der Waals surface area contributed by atoms with Crippen molar-refractivity contribution in [2.45, 2.75) is 13.4 Å². The Kier molecular flexibility index (Phi) is 4.44. The molecule has 8 heteroatoms. The minimum Gasteiger partial charge on any atom is -0.324 e. The molecule has 0 bridgehead atoms. The van der Waals surface area contributed by atoms with Crippen LogP contribution in [0.15, 0.2) is 79.3 Å². The zero-order chi connectivity index (χ0) is 33.7. The van der Waals surface area contributed by atoms with Gasteiger partial charge in [0.05, 0.1) is 5.69 Å². The SMILES string of the molecule is [2H]C1N(C([2H])([2H])c2ccc(C(=O)Nc3ccc(C)c(Nc4nccc(-c5cccnc5)n4)c3)cc2)C([2H])([2H])C([2H])([2H])N([2H])C1([2H])[2H]. The number of anilines is 3. The first-order valence-electron chi connectivity index (χ1n) is 16.0. The molecule has 4 aromatic rings. The summed E-state index contributed by atoms with van der Waals surface area (Å²) in [6.07, 6.45) is 4.97. The number of benzene rings is 2. The van der Waals surface area contributed by atoms with Gasteiger partial charge >= 0.3 is 0 Å². The van der Waals surface area contributed by atoms with E-state index in [0.29, 0.717) is 23.0 Å². The molecule has 0 spiro atoms. The number of carbonyl (C=O) groups excluding carboxylic acids is 1. The van der Waals surface area contributed by atoms with Crippen molar-refractivity contribution in [3.05, 3.63) is 95.9 Å². The van der Waals surface area contributed by atoms with E-state index in [2.05, 4.69) is 25.6 Å². The van der Waals surface area contributed by atoms with Crippen LogP contribution in [0.2, 0.25) is 1.41 Å². The lowest BCUT2D eigenvalue weighted by molar-refractivity contribution is 0.102. The van der Waals surface area contributed by atoms with Gasteiger partial charge in [-0.3, -0.25) is 14.7 Å². The molecule has 0 aliphatic carbocycles. The van der Waals surface area contributed by atoms with Crippen molar-refractivity contribution in [1.29, 1.82) is 0 Å². The van der Waals surface area contributed by atoms with Gasteiger partial charge in [-0.25, -0.2) is 9.97 Å². The van der Waals surface area contributed by atoms with Gasteiger partial charge in [-0.1, -0.05) is 18.2 Å². The minimum absolute atomic E-state index is 0.120. The molecule has 3 N–H and O–H groups in total. The summed E-state index contributed by atoms with van der Waals surface area (Å²) in [6, 6.07) is 15.6. The maximum absolute atomic E-state index is 13.1. The van der Waals surface area contributed by atoms with Crippen LogP contribution >= 0.6 is 0 Å². The predicted octanol–water partition coefficient (Wildman–Crippen LogP) is 4.25. The highest BCUT2D eigenvalue weighted by Crippen LogP contribution is 2.24. The molecule has 1 atom stereocenters. The number of nitrogens with one attached hydrogen (secondary N) is 3. The number of amides is 1. The van der Waals surface area contributed by atoms with Crippen LogP contribution in [0.5, 0.6) is 0 Å². The molecule has 2 aromatic carbocycles. The first kappa shape index (κ1) is 14.4. The fraction of sp³-hybridized carbons (Fsp3) is 0.214. The summed E-state index contributed by atoms with van der Waals surface area (Å²) >= 11 is 0. The standard InChI is InChI=1S/C28H29N7O/c1-20-4-9-24(17-26(20)34-28-31-12-10-25(33-28)23-3-2-11-30-18-23)32-27(36)22-7-5-21(6-8-22)19-35-15-13-29-14-16-35/h2-12,17-18,29H,13-16,19H2,1H3,(H,32,36)(H,31,33,34)/i13D2,14D2,15D,16D2,19D2/hD. The molecular weight excluding hydrogens is 450 g/mol. The number of piperazine rings is 1. The second-order valence-electron chi connectivity index (χ2n) is 7.77. The number of aromatic nitrogens is 3. The Morgan fingerprint density at radius 3 is 2.89 bits per heavy atom. The predicted molar refractivity (Wildman–Crippen MR) is 142 cm³/mol. The first-order valence-corrected chi connectivity index (χ1v) is 11.0. The van der Waals surface area contributed by atoms with Crippen molar-refractivity contribution in [3.8, 4) is 11.3 Å². The molecule has 1 amide bonds. The largest absolute Gasteiger partial charge is 0.324 e. The molecule has 2 aromatic heterocycles. The molecule has 36 heavy (non-hydrogen) atoms. The molecular formula is C28H29N7O. The van der Waals surface area contributed by atoms with Crippen LogP contribution < -0.4 is 15.9 Å². The first-order chi connectivity index (χ1) is 21.5. The van der Waals surface area contributed by atoms with Crippen molar-refractivity contribution in [3.63, 3.8) is 0 Å². The van der Waals surface area contributed by atoms with Gasteiger partial charge in [0.2, 0.25) is 5.95 Å². The van der Waals surface area contributed by atoms with E-state index < -0.39 is 38.4 Å². The quantitative estimate of drug-likeness (QED) is 0.357. The topological polar surface area (TPSA) is 95.1 Å². The van der Waals surface area contributed by atoms with Crippen LogP contribution in [0.25, 0.3) is 11.3 Å². The highest BCUT2D eigenvalue weighted by atomic mass is 16.1. The van der Waals surface area contributed by atoms with Gasteiger partial charge < -0.3 is 15.9 Å². The van der Waals surface area contributed by atoms with Crippen LogP contribution in [0.4, 0.5) is 17.3 Å². The molecule has 182 valence electrons. The molecule has 0 saturated carbocycles. The zero-order valence-corrected chi connectivity index (χ0v) is 19.2. The normalized spacial score (nSPS) is 25.1. The molecule has 1 unspecified atom stereocenters. The summed E-state index contributed by atoms with van der Waals surface area (Å²) in [6.45, 7) is -13.0. The van der Waals surface area contributed by atoms with E-state index in [1.807, 2.05) is 13.0 Å². The third-order valence-electron chi connectivity index (χ3n) is 5.23. The van der Waals surface area contributed by atoms with E-state index in [9.17, 15) is 4.79 Å². The van der Waals surface area contributed by atoms with Crippen LogP contribution in [-0.2, 0) is 6.50 Å². The smallest absolute Gasteiger partial charge is 0.255 e. The lowest BCUT2D eigenvalue weighted by atomic mass is 10.1. The van der Waals surface area contributed by atoms with Crippen molar-refractivity contribution < 1.29 is 18.5 Å². The highest BCUT2D eigenvalue weighted by Gasteiger charge is 2.12. The van der Waals surface area contributed by atoms with Gasteiger partial charge in [0, 0.05) is 85.9 Å². The van der Waals surface area contributed by atoms with Crippen LogP contribution in [0.1, 0.15) is 33.8 Å². The maximum Gasteiger partial charge on any atom is 0.255 e. The number of hydrogen-bond acceptors (Lipinski definition) is 7. The zero-order valence-electron chi connectivity index (χ0n) is 29.2. The van der Waals surface area contributed by atoms with Crippen LogP contribution in [0, 0.1) is 6.92 Å². The van der Waals surface area contributed by atoms with Crippen molar-refractivity contribution in [2.24, 2.45) is 0 Å². The molecule has 1 aliphatic heterocycles. The molecule has 5 rings (SSSR count). The molecule has 8 nitrogen and oxygen atoms in total. The van der Waals surface area contributed by atoms with Crippen LogP contribution in [0.3, 0.4) is 0 Å². The van der Waals surface area contributed by atoms with E-state index in [1.54, 1.807) is 48.9 Å². The lowest BCUT2D eigenvalue weighted by Gasteiger charge is -2.27. The van der Waals surface area contributed by atoms with Crippen molar-refractivity contribution >= 4 is 23.2 Å². The Balaban J connectivity index is 1.34. The number of rotatable bonds is 7. The van der Waals surface area contributed by atoms with Gasteiger partial charge in [-0.2, -0.15) is 0 Å². The van der Waals surface area contributed by atoms with Crippen LogP contribution in [-0.4, -0.2) is 51.8 Å². The monoisotopic (exact) mass is 489 g/mol. The van der Waals surface area contributed by atoms with Gasteiger partial charge in [0.25, 0.3) is 5.91 Å². The number of pyridine rings is 1. The second kappa shape index (κ2) is 11.1. The lowest BCUT2D eigenvalue weighted by Crippen LogP contribution is -2.42. The Morgan fingerprint density at radius 1 is 1.17 bits per heavy atom. The molecule has 1 saturated heterocycles. The van der Waals surface area contributed by atoms with Gasteiger partial charge in [0.15, 0.2) is 0 Å². The highest BCUT2D eigenvalue weighted by molar-refractivity contribution is 6.04. The molecule has 3 heterocycles. The Labute approximate surface area is 224 Å². The Hall–Kier alpha value is -4.14. The molecule has 0 radical (unpaired) electrons. The van der Waals surface area contributed by atoms with E-state index in [-0.39, 0.29) is 21.3 Å². The van der Waals surface area contributed by atoms with Gasteiger partial charge in [-0.15, -0.1) is 0 Å². The second-order valence-corrected chi connectivity index (χ2v) is 7.77. The maximum atomic E-state index is 13.1. The van der Waals surface area contributed by atoms with E-state index >= 15 is 0 Å². The van der Waals surface area contributed by atoms with Crippen molar-refractivity contribution in [1.82, 2.24) is 25.2 Å². The third-order valence-corrected chi connectivity index (χ3v) is 5.23. The summed E-state index contributed by atoms with van der Waals surface area (Å²) in [5.41, 5.74) is 3.29. The summed E-state index contributed by atoms with van der Waals surface area (Å²) in [7, 11) is 0. The summed E-state index contributed by atoms with van der Waals surface area (Å²) < 4.78 is 81.9. The van der Waals surface area contributed by atoms with Gasteiger partial charge in [-0.05, 0) is 60.5 Å². The average molecular weight is 490 g/mol. The van der Waals surface area contributed by atoms with Gasteiger partial charge in [0.1, 0.15) is 1.41 Å². The summed E-state index contributed by atoms with van der Waals surface area (Å²) in [5.74, 6) is -0.205. The third kappa shape index (κ3) is 5.91. The summed E-state index contributed by atoms with van der Waals surface area (Å²) in [4.78, 5) is 26.2. The number of carbonyl (C=O) groups is 1. The molecule has 1 aliphatic rings. The Bertz CT molecular complexity index is 1740. The number of aryl methyl sites for hydroxylation is 1. The summed E-state index contributed by atoms with van der Waals surface area (Å²) in [5, 5.41) is 5.65.